The van der Waals surface area contributed by atoms with Crippen molar-refractivity contribution in [2.24, 2.45) is 12.8 Å². The largest absolute Gasteiger partial charge is 0.445 e. The first-order valence-electron chi connectivity index (χ1n) is 11.9. The van der Waals surface area contributed by atoms with E-state index >= 15 is 0 Å². The molecule has 6 aromatic rings. The van der Waals surface area contributed by atoms with Crippen LogP contribution in [0.1, 0.15) is 34.4 Å². The third kappa shape index (κ3) is 4.84. The van der Waals surface area contributed by atoms with Crippen LogP contribution >= 0.6 is 0 Å². The highest BCUT2D eigenvalue weighted by Crippen LogP contribution is 2.18. The van der Waals surface area contributed by atoms with Gasteiger partial charge in [0.2, 0.25) is 5.71 Å². The molecule has 0 aliphatic heterocycles. The maximum atomic E-state index is 13.2. The van der Waals surface area contributed by atoms with Crippen molar-refractivity contribution in [3.63, 3.8) is 0 Å². The van der Waals surface area contributed by atoms with Crippen molar-refractivity contribution >= 4 is 28.5 Å². The zero-order valence-corrected chi connectivity index (χ0v) is 21.1. The highest BCUT2D eigenvalue weighted by atomic mass is 16.3. The number of carbonyl (C=O) groups excluding carboxylic acids is 1. The van der Waals surface area contributed by atoms with Gasteiger partial charge in [-0.15, -0.1) is 0 Å². The summed E-state index contributed by atoms with van der Waals surface area (Å²) in [5.41, 5.74) is 13.4. The number of aromatic nitrogens is 7. The zero-order chi connectivity index (χ0) is 27.5. The van der Waals surface area contributed by atoms with Crippen LogP contribution in [0.4, 0.5) is 5.82 Å². The number of hydrogen-bond acceptors (Lipinski definition) is 8. The highest BCUT2D eigenvalue weighted by molar-refractivity contribution is 5.96. The monoisotopic (exact) mass is 521 g/mol. The number of nitrogen functional groups attached to an aromatic ring is 1. The summed E-state index contributed by atoms with van der Waals surface area (Å²) in [7, 11) is 1.83. The number of rotatable bonds is 3. The number of fused-ring (bicyclic) bond motifs is 2. The van der Waals surface area contributed by atoms with Gasteiger partial charge < -0.3 is 15.9 Å². The number of amides is 1. The molecule has 6 rings (SSSR count). The summed E-state index contributed by atoms with van der Waals surface area (Å²) < 4.78 is 10.1. The van der Waals surface area contributed by atoms with Gasteiger partial charge in [-0.2, -0.15) is 15.2 Å². The molecule has 39 heavy (non-hydrogen) atoms. The molecular weight excluding hydrogens is 498 g/mol. The fourth-order valence-electron chi connectivity index (χ4n) is 3.97. The molecule has 0 bridgehead atoms. The molecule has 0 spiro atoms. The second-order valence-corrected chi connectivity index (χ2v) is 8.34. The van der Waals surface area contributed by atoms with Gasteiger partial charge in [-0.05, 0) is 24.3 Å². The van der Waals surface area contributed by atoms with E-state index in [1.165, 1.54) is 17.0 Å². The quantitative estimate of drug-likeness (QED) is 0.334. The summed E-state index contributed by atoms with van der Waals surface area (Å²) in [4.78, 5) is 32.6. The molecule has 0 aliphatic rings. The Hall–Kier alpha value is -5.70. The molecule has 1 amide bonds. The molecule has 5 aromatic heterocycles. The lowest BCUT2D eigenvalue weighted by molar-refractivity contribution is 0.0994. The van der Waals surface area contributed by atoms with Crippen LogP contribution in [0.2, 0.25) is 0 Å². The Morgan fingerprint density at radius 1 is 1.08 bits per heavy atom. The van der Waals surface area contributed by atoms with Crippen molar-refractivity contribution in [2.75, 3.05) is 5.73 Å². The molecule has 0 fully saturated rings. The smallest absolute Gasteiger partial charge is 0.271 e. The van der Waals surface area contributed by atoms with E-state index in [0.29, 0.717) is 34.6 Å². The van der Waals surface area contributed by atoms with Gasteiger partial charge in [0.25, 0.3) is 11.5 Å². The van der Waals surface area contributed by atoms with Crippen LogP contribution in [0.25, 0.3) is 22.4 Å². The molecule has 1 aromatic carbocycles. The average molecular weight is 522 g/mol. The second-order valence-electron chi connectivity index (χ2n) is 8.34. The molecule has 0 saturated heterocycles. The lowest BCUT2D eigenvalue weighted by Gasteiger charge is -2.10. The minimum absolute atomic E-state index is 0.103. The number of para-hydroxylation sites is 1. The van der Waals surface area contributed by atoms with Crippen LogP contribution in [0.3, 0.4) is 0 Å². The molecule has 0 saturated carbocycles. The normalized spacial score (nSPS) is 10.6. The summed E-state index contributed by atoms with van der Waals surface area (Å²) in [5, 5.41) is 8.37. The number of primary amides is 1. The summed E-state index contributed by atoms with van der Waals surface area (Å²) in [6.07, 6.45) is 7.10. The first kappa shape index (κ1) is 25.0. The number of nitrogens with two attached hydrogens (primary N) is 2. The van der Waals surface area contributed by atoms with Gasteiger partial charge in [0.05, 0.1) is 23.0 Å². The van der Waals surface area contributed by atoms with Crippen LogP contribution in [0.5, 0.6) is 0 Å². The lowest BCUT2D eigenvalue weighted by Crippen LogP contribution is -2.23. The Balaban J connectivity index is 0.000000198. The summed E-state index contributed by atoms with van der Waals surface area (Å²) >= 11 is 0. The lowest BCUT2D eigenvalue weighted by atomic mass is 10.2. The Morgan fingerprint density at radius 3 is 2.56 bits per heavy atom. The average Bonchev–Trinajstić information content (AvgIpc) is 3.63. The predicted molar refractivity (Wildman–Crippen MR) is 144 cm³/mol. The second kappa shape index (κ2) is 10.3. The topological polar surface area (TPSA) is 165 Å². The number of imidazole rings is 1. The summed E-state index contributed by atoms with van der Waals surface area (Å²) in [6, 6.07) is 12.9. The van der Waals surface area contributed by atoms with Crippen molar-refractivity contribution < 1.29 is 9.21 Å². The molecule has 0 atom stereocenters. The fourth-order valence-corrected chi connectivity index (χ4v) is 3.97. The molecule has 12 nitrogen and oxygen atoms in total. The number of anilines is 1. The van der Waals surface area contributed by atoms with Crippen molar-refractivity contribution in [1.29, 1.82) is 0 Å². The van der Waals surface area contributed by atoms with Crippen molar-refractivity contribution in [1.82, 2.24) is 33.9 Å². The van der Waals surface area contributed by atoms with Crippen LogP contribution < -0.4 is 17.0 Å². The maximum absolute atomic E-state index is 13.2. The summed E-state index contributed by atoms with van der Waals surface area (Å²) in [6.45, 7) is 1.96. The number of carbonyl (C=O) groups is 1. The van der Waals surface area contributed by atoms with Gasteiger partial charge in [-0.3, -0.25) is 18.8 Å². The molecule has 4 N–H and O–H groups in total. The van der Waals surface area contributed by atoms with E-state index in [2.05, 4.69) is 32.0 Å². The molecule has 12 heteroatoms. The van der Waals surface area contributed by atoms with Gasteiger partial charge >= 0.3 is 0 Å². The standard InChI is InChI=1S/C20H16N4O2.C7H7N5O/c1-3-17-22-19-18(20(25)24(17)16-7-5-4-6-8-16)15(13-26-19)10-9-14-11-21-23(2)12-14;8-6-5(7(9)13)12-4(11-6)2-1-3-10-12/h4-8,11-13H,3H2,1-2H3;1-3H,8H2,(H2,9,13). The Morgan fingerprint density at radius 2 is 1.87 bits per heavy atom. The molecule has 5 heterocycles. The SMILES string of the molecule is CCc1nc2occ(C#Cc3cnn(C)c3)c2c(=O)n1-c1ccccc1.NC(=O)c1c(N)nc2cccnn12. The molecule has 194 valence electrons. The van der Waals surface area contributed by atoms with Gasteiger partial charge in [0, 0.05) is 25.9 Å². The van der Waals surface area contributed by atoms with Gasteiger partial charge in [0.1, 0.15) is 17.5 Å². The van der Waals surface area contributed by atoms with Gasteiger partial charge in [-0.25, -0.2) is 9.50 Å². The highest BCUT2D eigenvalue weighted by Gasteiger charge is 2.17. The van der Waals surface area contributed by atoms with Gasteiger partial charge in [-0.1, -0.05) is 37.0 Å². The minimum Gasteiger partial charge on any atom is -0.445 e. The van der Waals surface area contributed by atoms with Crippen LogP contribution in [0.15, 0.2) is 76.5 Å². The van der Waals surface area contributed by atoms with E-state index < -0.39 is 5.91 Å². The third-order valence-corrected chi connectivity index (χ3v) is 5.71. The number of aryl methyl sites for hydroxylation is 2. The van der Waals surface area contributed by atoms with E-state index in [4.69, 9.17) is 15.9 Å². The van der Waals surface area contributed by atoms with Crippen LogP contribution in [-0.2, 0) is 13.5 Å². The predicted octanol–water partition coefficient (Wildman–Crippen LogP) is 2.08. The van der Waals surface area contributed by atoms with E-state index in [1.807, 2.05) is 50.5 Å². The molecule has 0 unspecified atom stereocenters. The molecule has 0 aliphatic carbocycles. The van der Waals surface area contributed by atoms with E-state index in [-0.39, 0.29) is 17.1 Å². The number of nitrogens with zero attached hydrogens (tertiary/aromatic N) is 7. The van der Waals surface area contributed by atoms with Crippen molar-refractivity contribution in [2.45, 2.75) is 13.3 Å². The molecule has 0 radical (unpaired) electrons. The number of hydrogen-bond donors (Lipinski definition) is 2. The fraction of sp³-hybridized carbons (Fsp3) is 0.111. The Bertz CT molecular complexity index is 1940. The number of benzene rings is 1. The van der Waals surface area contributed by atoms with Crippen LogP contribution in [0, 0.1) is 11.8 Å². The van der Waals surface area contributed by atoms with E-state index in [9.17, 15) is 9.59 Å². The third-order valence-electron chi connectivity index (χ3n) is 5.71. The Kier molecular flexibility index (Phi) is 6.63. The Labute approximate surface area is 221 Å². The van der Waals surface area contributed by atoms with Crippen molar-refractivity contribution in [3.05, 3.63) is 100 Å². The molecular formula is C27H23N9O3. The van der Waals surface area contributed by atoms with Crippen LogP contribution in [-0.4, -0.2) is 39.8 Å². The first-order chi connectivity index (χ1) is 18.9. The maximum Gasteiger partial charge on any atom is 0.271 e. The van der Waals surface area contributed by atoms with E-state index in [1.54, 1.807) is 27.6 Å². The zero-order valence-electron chi connectivity index (χ0n) is 21.1. The van der Waals surface area contributed by atoms with Crippen molar-refractivity contribution in [3.8, 4) is 17.5 Å². The van der Waals surface area contributed by atoms with E-state index in [0.717, 1.165) is 11.3 Å². The summed E-state index contributed by atoms with van der Waals surface area (Å²) in [5.74, 6) is 6.13. The van der Waals surface area contributed by atoms with Gasteiger partial charge in [0.15, 0.2) is 17.2 Å². The first-order valence-corrected chi connectivity index (χ1v) is 11.9. The minimum atomic E-state index is -0.635. The number of furan rings is 1.